The highest BCUT2D eigenvalue weighted by atomic mass is 19.4. The van der Waals surface area contributed by atoms with Crippen LogP contribution >= 0.6 is 0 Å². The molecule has 354 valence electrons. The summed E-state index contributed by atoms with van der Waals surface area (Å²) in [7, 11) is 0.922. The van der Waals surface area contributed by atoms with Gasteiger partial charge in [-0.05, 0) is 86.6 Å². The fraction of sp³-hybridized carbons (Fsp3) is 0.478. The number of amides is 2. The van der Waals surface area contributed by atoms with Crippen LogP contribution < -0.4 is 26.2 Å². The molecule has 13 nitrogen and oxygen atoms in total. The number of rotatable bonds is 16. The lowest BCUT2D eigenvalue weighted by Crippen LogP contribution is -2.62. The van der Waals surface area contributed by atoms with Gasteiger partial charge in [0.1, 0.15) is 23.5 Å². The molecule has 2 amide bonds. The van der Waals surface area contributed by atoms with Gasteiger partial charge in [0.2, 0.25) is 5.91 Å². The van der Waals surface area contributed by atoms with E-state index in [9.17, 15) is 36.6 Å². The van der Waals surface area contributed by atoms with Crippen LogP contribution in [0.3, 0.4) is 0 Å². The fourth-order valence-corrected chi connectivity index (χ4v) is 8.50. The van der Waals surface area contributed by atoms with Gasteiger partial charge >= 0.3 is 18.8 Å². The number of benzene rings is 2. The molecule has 0 aliphatic carbocycles. The van der Waals surface area contributed by atoms with Crippen molar-refractivity contribution in [1.29, 1.82) is 0 Å². The molecule has 3 fully saturated rings. The Hall–Kier alpha value is -5.75. The molecular formula is C46H52F7N9O4. The number of methoxy groups -OCH3 is 1. The number of aliphatic hydroxyl groups is 1. The maximum Gasteiger partial charge on any atom is 0.407 e. The van der Waals surface area contributed by atoms with Crippen molar-refractivity contribution >= 4 is 17.8 Å². The number of anilines is 1. The van der Waals surface area contributed by atoms with E-state index < -0.39 is 78.6 Å². The number of aromatic nitrogens is 3. The Morgan fingerprint density at radius 2 is 1.59 bits per heavy atom. The summed E-state index contributed by atoms with van der Waals surface area (Å²) in [6.07, 6.45) is -1.89. The Balaban J connectivity index is 1.02. The van der Waals surface area contributed by atoms with Gasteiger partial charge in [0.05, 0.1) is 30.9 Å². The lowest BCUT2D eigenvalue weighted by atomic mass is 9.82. The molecule has 0 radical (unpaired) electrons. The number of carbonyl (C=O) groups excluding carboxylic acids is 2. The minimum Gasteiger partial charge on any atom is -0.453 e. The van der Waals surface area contributed by atoms with Crippen molar-refractivity contribution in [3.05, 3.63) is 101 Å². The molecule has 3 aliphatic rings. The standard InChI is InChI=1S/C46H52F7N9O4/c1-45(2,46(51,52)53)41(59-44(65)66-3)42(64)58-38(39(63)22-55-21-35-36(47)15-31(16-37(35)48)32-20-57-62(24-32)43(49)50)14-28-7-4-27(5-8-28)6-9-29-10-13-40(56-19-29)60-25-33-11-12-34(26-60)61(33)23-30-17-54-18-30/h4-5,7-8,10,13,15-16,19-20,24,30,33-34,38-39,41,43,54-55,63H,11-12,14,17-18,21-23,25-26H2,1-3H3,(H,58,64)(H,59,65)/t33?,34?,38-,39-,41?/m0/s1. The summed E-state index contributed by atoms with van der Waals surface area (Å²) >= 11 is 0. The summed E-state index contributed by atoms with van der Waals surface area (Å²) in [4.78, 5) is 35.5. The van der Waals surface area contributed by atoms with Crippen LogP contribution in [0.15, 0.2) is 67.1 Å². The smallest absolute Gasteiger partial charge is 0.407 e. The molecule has 5 heterocycles. The van der Waals surface area contributed by atoms with E-state index >= 15 is 8.78 Å². The predicted molar refractivity (Wildman–Crippen MR) is 230 cm³/mol. The predicted octanol–water partition coefficient (Wildman–Crippen LogP) is 5.38. The largest absolute Gasteiger partial charge is 0.453 e. The molecule has 2 bridgehead atoms. The van der Waals surface area contributed by atoms with Crippen LogP contribution in [0.2, 0.25) is 0 Å². The van der Waals surface area contributed by atoms with E-state index in [1.807, 2.05) is 17.4 Å². The van der Waals surface area contributed by atoms with Crippen molar-refractivity contribution in [2.45, 2.75) is 82.7 Å². The Morgan fingerprint density at radius 1 is 0.939 bits per heavy atom. The van der Waals surface area contributed by atoms with Gasteiger partial charge in [-0.3, -0.25) is 9.69 Å². The highest BCUT2D eigenvalue weighted by Gasteiger charge is 2.56. The average molecular weight is 928 g/mol. The minimum atomic E-state index is -4.98. The van der Waals surface area contributed by atoms with Crippen LogP contribution in [0.4, 0.5) is 41.3 Å². The number of fused-ring (bicyclic) bond motifs is 2. The molecular weight excluding hydrogens is 876 g/mol. The monoisotopic (exact) mass is 927 g/mol. The van der Waals surface area contributed by atoms with Gasteiger partial charge in [-0.15, -0.1) is 0 Å². The molecule has 3 aliphatic heterocycles. The Labute approximate surface area is 377 Å². The second-order valence-electron chi connectivity index (χ2n) is 17.6. The maximum atomic E-state index is 15.2. The first-order valence-corrected chi connectivity index (χ1v) is 21.6. The molecule has 2 aromatic carbocycles. The molecule has 3 unspecified atom stereocenters. The number of halogens is 7. The highest BCUT2D eigenvalue weighted by Crippen LogP contribution is 2.41. The van der Waals surface area contributed by atoms with Crippen LogP contribution in [0, 0.1) is 34.8 Å². The first-order chi connectivity index (χ1) is 31.4. The Kier molecular flexibility index (Phi) is 14.9. The van der Waals surface area contributed by atoms with Crippen molar-refractivity contribution in [3.63, 3.8) is 0 Å². The summed E-state index contributed by atoms with van der Waals surface area (Å²) in [6.45, 7) is 2.80. The SMILES string of the molecule is COC(=O)NC(C(=O)N[C@@H](Cc1ccc(C#Cc2ccc(N3CC4CCC(C3)N4CC3CNC3)nc2)cc1)[C@@H](O)CNCc1c(F)cc(-c2cnn(C(F)F)c2)cc1F)C(C)(C)C(F)(F)F. The van der Waals surface area contributed by atoms with Crippen LogP contribution in [0.25, 0.3) is 11.1 Å². The highest BCUT2D eigenvalue weighted by molar-refractivity contribution is 5.87. The van der Waals surface area contributed by atoms with Gasteiger partial charge in [0, 0.05) is 92.5 Å². The number of alkyl halides is 5. The number of nitrogens with zero attached hydrogens (tertiary/aromatic N) is 5. The van der Waals surface area contributed by atoms with Gasteiger partial charge in [-0.1, -0.05) is 24.0 Å². The molecule has 7 rings (SSSR count). The van der Waals surface area contributed by atoms with Crippen molar-refractivity contribution in [2.24, 2.45) is 11.3 Å². The van der Waals surface area contributed by atoms with Gasteiger partial charge in [0.25, 0.3) is 0 Å². The Bertz CT molecular complexity index is 2350. The topological polar surface area (TPSA) is 149 Å². The third-order valence-electron chi connectivity index (χ3n) is 12.7. The molecule has 5 N–H and O–H groups in total. The fourth-order valence-electron chi connectivity index (χ4n) is 8.50. The van der Waals surface area contributed by atoms with E-state index in [0.717, 1.165) is 89.9 Å². The first-order valence-electron chi connectivity index (χ1n) is 21.6. The number of alkyl carbamates (subject to hydrolysis) is 1. The number of carbonyl (C=O) groups is 2. The molecule has 2 aromatic heterocycles. The number of hydrogen-bond donors (Lipinski definition) is 5. The van der Waals surface area contributed by atoms with Crippen LogP contribution in [0.5, 0.6) is 0 Å². The summed E-state index contributed by atoms with van der Waals surface area (Å²) < 4.78 is 104. The number of ether oxygens (including phenoxy) is 1. The summed E-state index contributed by atoms with van der Waals surface area (Å²) in [5.41, 5.74) is -1.42. The molecule has 20 heteroatoms. The third-order valence-corrected chi connectivity index (χ3v) is 12.7. The second kappa shape index (κ2) is 20.4. The average Bonchev–Trinajstić information content (AvgIpc) is 3.85. The maximum absolute atomic E-state index is 15.2. The lowest BCUT2D eigenvalue weighted by Gasteiger charge is -2.44. The van der Waals surface area contributed by atoms with Crippen LogP contribution in [-0.4, -0.2) is 120 Å². The number of piperazine rings is 1. The van der Waals surface area contributed by atoms with Crippen LogP contribution in [-0.2, 0) is 22.5 Å². The normalized spacial score (nSPS) is 19.1. The van der Waals surface area contributed by atoms with E-state index in [1.165, 1.54) is 12.8 Å². The molecule has 0 spiro atoms. The van der Waals surface area contributed by atoms with E-state index in [-0.39, 0.29) is 17.5 Å². The zero-order chi connectivity index (χ0) is 47.3. The lowest BCUT2D eigenvalue weighted by molar-refractivity contribution is -0.220. The summed E-state index contributed by atoms with van der Waals surface area (Å²) in [5.74, 6) is 4.51. The van der Waals surface area contributed by atoms with Crippen molar-refractivity contribution in [3.8, 4) is 23.0 Å². The summed E-state index contributed by atoms with van der Waals surface area (Å²) in [6, 6.07) is 10.1. The number of nitrogens with one attached hydrogen (secondary N) is 4. The van der Waals surface area contributed by atoms with Gasteiger partial charge in [-0.25, -0.2) is 23.2 Å². The second-order valence-corrected chi connectivity index (χ2v) is 17.6. The van der Waals surface area contributed by atoms with E-state index in [0.29, 0.717) is 33.5 Å². The third kappa shape index (κ3) is 11.3. The van der Waals surface area contributed by atoms with Crippen molar-refractivity contribution in [2.75, 3.05) is 51.3 Å². The minimum absolute atomic E-state index is 0.0426. The zero-order valence-electron chi connectivity index (χ0n) is 36.5. The molecule has 0 saturated carbocycles. The van der Waals surface area contributed by atoms with E-state index in [4.69, 9.17) is 4.98 Å². The first kappa shape index (κ1) is 48.2. The van der Waals surface area contributed by atoms with Crippen LogP contribution in [0.1, 0.15) is 55.5 Å². The number of hydrogen-bond acceptors (Lipinski definition) is 10. The Morgan fingerprint density at radius 3 is 2.15 bits per heavy atom. The molecule has 66 heavy (non-hydrogen) atoms. The number of aliphatic hydroxyl groups excluding tert-OH is 1. The van der Waals surface area contributed by atoms with Gasteiger partial charge in [0.15, 0.2) is 0 Å². The number of pyridine rings is 1. The van der Waals surface area contributed by atoms with Crippen molar-refractivity contribution < 1.29 is 50.2 Å². The van der Waals surface area contributed by atoms with Crippen molar-refractivity contribution in [1.82, 2.24) is 40.9 Å². The molecule has 3 saturated heterocycles. The molecule has 4 aromatic rings. The molecule has 5 atom stereocenters. The van der Waals surface area contributed by atoms with E-state index in [2.05, 4.69) is 47.4 Å². The van der Waals surface area contributed by atoms with E-state index in [1.54, 1.807) is 30.5 Å². The van der Waals surface area contributed by atoms with Gasteiger partial charge < -0.3 is 36.0 Å². The summed E-state index contributed by atoms with van der Waals surface area (Å²) in [5, 5.41) is 25.3. The quantitative estimate of drug-likeness (QED) is 0.0733. The zero-order valence-corrected chi connectivity index (χ0v) is 36.5. The van der Waals surface area contributed by atoms with Gasteiger partial charge in [-0.2, -0.15) is 27.1 Å².